The molecule has 0 aliphatic rings. The van der Waals surface area contributed by atoms with Crippen molar-refractivity contribution in [1.82, 2.24) is 10.6 Å². The van der Waals surface area contributed by atoms with Crippen molar-refractivity contribution >= 4 is 45.3 Å². The molecule has 182 valence electrons. The molecule has 0 radical (unpaired) electrons. The number of amides is 2. The highest BCUT2D eigenvalue weighted by atomic mass is 33.1. The van der Waals surface area contributed by atoms with Crippen LogP contribution < -0.4 is 10.6 Å². The van der Waals surface area contributed by atoms with Crippen LogP contribution in [0.15, 0.2) is 0 Å². The van der Waals surface area contributed by atoms with Gasteiger partial charge in [-0.15, -0.1) is 20.2 Å². The first-order chi connectivity index (χ1) is 14.9. The van der Waals surface area contributed by atoms with E-state index in [0.29, 0.717) is 0 Å². The molecule has 16 nitrogen and oxygen atoms in total. The number of carbonyl (C=O) groups excluding carboxylic acids is 2. The quantitative estimate of drug-likeness (QED) is 0.0787. The number of carbonyl (C=O) groups is 4. The fourth-order valence-corrected chi connectivity index (χ4v) is 4.13. The number of rotatable bonds is 18. The van der Waals surface area contributed by atoms with Crippen molar-refractivity contribution in [3.8, 4) is 0 Å². The fourth-order valence-electron chi connectivity index (χ4n) is 1.82. The van der Waals surface area contributed by atoms with Crippen LogP contribution in [0, 0.1) is 26.1 Å². The Hall–Kier alpha value is -3.02. The molecule has 3 unspecified atom stereocenters. The van der Waals surface area contributed by atoms with Crippen molar-refractivity contribution < 1.29 is 49.2 Å². The Bertz CT molecular complexity index is 695. The Balaban J connectivity index is 4.79. The minimum atomic E-state index is -1.31. The van der Waals surface area contributed by atoms with Crippen LogP contribution in [0.5, 0.6) is 0 Å². The molecule has 0 fully saturated rings. The van der Waals surface area contributed by atoms with Gasteiger partial charge in [0, 0.05) is 17.9 Å². The van der Waals surface area contributed by atoms with Gasteiger partial charge in [0.25, 0.3) is 10.2 Å². The lowest BCUT2D eigenvalue weighted by Gasteiger charge is -2.18. The summed E-state index contributed by atoms with van der Waals surface area (Å²) in [7, 11) is 1.89. The van der Waals surface area contributed by atoms with Crippen molar-refractivity contribution in [3.05, 3.63) is 20.2 Å². The molecule has 0 rings (SSSR count). The summed E-state index contributed by atoms with van der Waals surface area (Å²) in [5.41, 5.74) is 0. The Kier molecular flexibility index (Phi) is 14.2. The number of nitrogens with one attached hydrogen (secondary N) is 2. The second kappa shape index (κ2) is 15.7. The topological polar surface area (TPSA) is 238 Å². The van der Waals surface area contributed by atoms with Crippen LogP contribution in [0.25, 0.3) is 0 Å². The number of carboxylic acid groups (broad SMARTS) is 2. The molecule has 0 bridgehead atoms. The first-order valence-corrected chi connectivity index (χ1v) is 11.3. The third kappa shape index (κ3) is 14.9. The molecule has 2 amide bonds. The summed E-state index contributed by atoms with van der Waals surface area (Å²) in [5, 5.41) is 40.4. The number of carboxylic acids is 2. The van der Waals surface area contributed by atoms with Gasteiger partial charge in [0.1, 0.15) is 25.3 Å². The van der Waals surface area contributed by atoms with E-state index in [-0.39, 0.29) is 24.3 Å². The van der Waals surface area contributed by atoms with Crippen LogP contribution in [0.1, 0.15) is 19.8 Å². The number of aliphatic carboxylic acids is 2. The highest BCUT2D eigenvalue weighted by molar-refractivity contribution is 8.76. The normalized spacial score (nSPS) is 13.2. The Morgan fingerprint density at radius 2 is 1.69 bits per heavy atom. The van der Waals surface area contributed by atoms with Crippen molar-refractivity contribution in [1.29, 1.82) is 0 Å². The van der Waals surface area contributed by atoms with Crippen LogP contribution >= 0.6 is 21.6 Å². The third-order valence-corrected chi connectivity index (χ3v) is 5.92. The minimum Gasteiger partial charge on any atom is -0.481 e. The maximum Gasteiger partial charge on any atom is 0.322 e. The molecule has 0 aliphatic heterocycles. The van der Waals surface area contributed by atoms with Gasteiger partial charge in [-0.2, -0.15) is 0 Å². The monoisotopic (exact) mass is 502 g/mol. The predicted octanol–water partition coefficient (Wildman–Crippen LogP) is -0.660. The van der Waals surface area contributed by atoms with Crippen LogP contribution in [-0.2, 0) is 28.9 Å². The summed E-state index contributed by atoms with van der Waals surface area (Å²) < 4.78 is 0. The van der Waals surface area contributed by atoms with Gasteiger partial charge in [0.15, 0.2) is 0 Å². The molecule has 0 aliphatic carbocycles. The van der Waals surface area contributed by atoms with Crippen molar-refractivity contribution in [3.63, 3.8) is 0 Å². The van der Waals surface area contributed by atoms with Gasteiger partial charge in [-0.25, -0.2) is 0 Å². The van der Waals surface area contributed by atoms with Gasteiger partial charge in [0.2, 0.25) is 11.8 Å². The highest BCUT2D eigenvalue weighted by Gasteiger charge is 2.23. The van der Waals surface area contributed by atoms with Crippen LogP contribution in [-0.4, -0.2) is 80.9 Å². The lowest BCUT2D eigenvalue weighted by molar-refractivity contribution is -0.788. The first-order valence-electron chi connectivity index (χ1n) is 8.76. The first kappa shape index (κ1) is 29.0. The molecule has 0 saturated carbocycles. The van der Waals surface area contributed by atoms with Crippen molar-refractivity contribution in [2.45, 2.75) is 31.9 Å². The number of hydrogen-bond donors (Lipinski definition) is 4. The molecule has 4 N–H and O–H groups in total. The van der Waals surface area contributed by atoms with E-state index in [1.54, 1.807) is 0 Å². The molecule has 0 saturated heterocycles. The van der Waals surface area contributed by atoms with Crippen LogP contribution in [0.4, 0.5) is 0 Å². The van der Waals surface area contributed by atoms with E-state index in [0.717, 1.165) is 21.6 Å². The van der Waals surface area contributed by atoms with E-state index in [4.69, 9.17) is 10.2 Å². The molecule has 0 aromatic rings. The van der Waals surface area contributed by atoms with E-state index in [9.17, 15) is 39.4 Å². The van der Waals surface area contributed by atoms with Gasteiger partial charge in [-0.3, -0.25) is 19.2 Å². The predicted molar refractivity (Wildman–Crippen MR) is 108 cm³/mol. The second-order valence-electron chi connectivity index (χ2n) is 6.05. The summed E-state index contributed by atoms with van der Waals surface area (Å²) in [6, 6.07) is -1.19. The maximum absolute atomic E-state index is 12.2. The molecule has 0 aromatic carbocycles. The molecule has 32 heavy (non-hydrogen) atoms. The van der Waals surface area contributed by atoms with Crippen molar-refractivity contribution in [2.75, 3.05) is 24.7 Å². The Labute approximate surface area is 188 Å². The van der Waals surface area contributed by atoms with Crippen LogP contribution in [0.2, 0.25) is 0 Å². The van der Waals surface area contributed by atoms with Crippen LogP contribution in [0.3, 0.4) is 0 Å². The zero-order valence-electron chi connectivity index (χ0n) is 16.7. The fraction of sp³-hybridized carbons (Fsp3) is 0.714. The molecule has 0 heterocycles. The average molecular weight is 502 g/mol. The smallest absolute Gasteiger partial charge is 0.322 e. The molecule has 0 aromatic heterocycles. The molecular formula is C14H22N4O12S2. The Morgan fingerprint density at radius 1 is 1.06 bits per heavy atom. The lowest BCUT2D eigenvalue weighted by atomic mass is 10.1. The van der Waals surface area contributed by atoms with E-state index >= 15 is 0 Å². The summed E-state index contributed by atoms with van der Waals surface area (Å²) in [4.78, 5) is 74.6. The number of nitrogens with zero attached hydrogens (tertiary/aromatic N) is 2. The zero-order chi connectivity index (χ0) is 24.7. The molecular weight excluding hydrogens is 480 g/mol. The van der Waals surface area contributed by atoms with Gasteiger partial charge >= 0.3 is 11.9 Å². The molecule has 3 atom stereocenters. The van der Waals surface area contributed by atoms with E-state index in [1.807, 2.05) is 0 Å². The van der Waals surface area contributed by atoms with E-state index in [2.05, 4.69) is 20.3 Å². The summed E-state index contributed by atoms with van der Waals surface area (Å²) >= 11 is 0. The zero-order valence-corrected chi connectivity index (χ0v) is 18.3. The lowest BCUT2D eigenvalue weighted by Crippen LogP contribution is -2.49. The summed E-state index contributed by atoms with van der Waals surface area (Å²) in [6.07, 6.45) is -1.45. The summed E-state index contributed by atoms with van der Waals surface area (Å²) in [5.74, 6) is -4.88. The van der Waals surface area contributed by atoms with E-state index in [1.165, 1.54) is 6.92 Å². The maximum atomic E-state index is 12.2. The summed E-state index contributed by atoms with van der Waals surface area (Å²) in [6.45, 7) is 0.00379. The average Bonchev–Trinajstić information content (AvgIpc) is 2.69. The van der Waals surface area contributed by atoms with Gasteiger partial charge < -0.3 is 30.5 Å². The molecule has 18 heteroatoms. The van der Waals surface area contributed by atoms with Gasteiger partial charge in [-0.1, -0.05) is 28.5 Å². The van der Waals surface area contributed by atoms with Gasteiger partial charge in [0.05, 0.1) is 5.92 Å². The SMILES string of the molecule is CC(CCC(=O)NC(CSSCC(CO[N+](=O)[O-])O[N+](=O)[O-])C(=O)NCC(=O)O)C(=O)O. The van der Waals surface area contributed by atoms with Gasteiger partial charge in [-0.05, 0) is 6.42 Å². The number of hydrogen-bond acceptors (Lipinski definition) is 12. The third-order valence-electron chi connectivity index (χ3n) is 3.46. The van der Waals surface area contributed by atoms with Crippen molar-refractivity contribution in [2.24, 2.45) is 5.92 Å². The van der Waals surface area contributed by atoms with E-state index < -0.39 is 65.1 Å². The Morgan fingerprint density at radius 3 is 2.22 bits per heavy atom. The highest BCUT2D eigenvalue weighted by Crippen LogP contribution is 2.24. The second-order valence-corrected chi connectivity index (χ2v) is 8.60. The minimum absolute atomic E-state index is 0.0167. The standard InChI is InChI=1S/C14H22N4O12S2/c1-8(14(23)24)2-3-11(19)16-10(13(22)15-4-12(20)21)7-32-31-6-9(30-18(27)28)5-29-17(25)26/h8-10H,2-7H2,1H3,(H,15,22)(H,16,19)(H,20,21)(H,23,24). The molecule has 0 spiro atoms. The largest absolute Gasteiger partial charge is 0.481 e.